The van der Waals surface area contributed by atoms with Crippen molar-refractivity contribution in [3.05, 3.63) is 29.7 Å². The van der Waals surface area contributed by atoms with Gasteiger partial charge in [-0.3, -0.25) is 4.79 Å². The van der Waals surface area contributed by atoms with E-state index in [-0.39, 0.29) is 11.8 Å². The second-order valence-electron chi connectivity index (χ2n) is 5.65. The first-order valence-corrected chi connectivity index (χ1v) is 8.43. The fourth-order valence-electron chi connectivity index (χ4n) is 2.77. The summed E-state index contributed by atoms with van der Waals surface area (Å²) in [6.07, 6.45) is 3.37. The molecule has 0 saturated carbocycles. The highest BCUT2D eigenvalue weighted by atomic mass is 32.1. The zero-order chi connectivity index (χ0) is 16.2. The molecular formula is C15H20N6OS. The molecule has 1 amide bonds. The molecule has 8 heteroatoms. The third kappa shape index (κ3) is 3.76. The summed E-state index contributed by atoms with van der Waals surface area (Å²) in [5.74, 6) is 1.53. The predicted octanol–water partition coefficient (Wildman–Crippen LogP) is 1.56. The van der Waals surface area contributed by atoms with Gasteiger partial charge in [0.15, 0.2) is 0 Å². The van der Waals surface area contributed by atoms with Crippen LogP contribution in [-0.4, -0.2) is 33.3 Å². The Morgan fingerprint density at radius 1 is 1.48 bits per heavy atom. The first-order valence-electron chi connectivity index (χ1n) is 7.66. The predicted molar refractivity (Wildman–Crippen MR) is 90.3 cm³/mol. The highest BCUT2D eigenvalue weighted by molar-refractivity contribution is 7.09. The third-order valence-electron chi connectivity index (χ3n) is 4.02. The van der Waals surface area contributed by atoms with E-state index in [1.807, 2.05) is 13.0 Å². The number of rotatable bonds is 5. The topological polar surface area (TPSA) is 97.0 Å². The first kappa shape index (κ1) is 15.7. The Bertz CT molecular complexity index is 680. The van der Waals surface area contributed by atoms with E-state index in [4.69, 9.17) is 5.73 Å². The molecule has 0 radical (unpaired) electrons. The minimum absolute atomic E-state index is 0.0131. The number of pyridine rings is 1. The van der Waals surface area contributed by atoms with Gasteiger partial charge in [0, 0.05) is 48.8 Å². The average molecular weight is 332 g/mol. The van der Waals surface area contributed by atoms with Crippen molar-refractivity contribution in [3.8, 4) is 0 Å². The van der Waals surface area contributed by atoms with Crippen LogP contribution < -0.4 is 16.0 Å². The van der Waals surface area contributed by atoms with Gasteiger partial charge in [-0.15, -0.1) is 0 Å². The quantitative estimate of drug-likeness (QED) is 0.862. The Hall–Kier alpha value is -2.22. The van der Waals surface area contributed by atoms with Crippen molar-refractivity contribution in [1.82, 2.24) is 14.3 Å². The third-order valence-corrected chi connectivity index (χ3v) is 4.79. The Labute approximate surface area is 139 Å². The van der Waals surface area contributed by atoms with Gasteiger partial charge in [-0.25, -0.2) is 9.97 Å². The molecule has 1 saturated heterocycles. The number of nitrogens with zero attached hydrogens (tertiary/aromatic N) is 4. The molecule has 7 nitrogen and oxygen atoms in total. The molecule has 0 spiro atoms. The van der Waals surface area contributed by atoms with Crippen LogP contribution in [0.4, 0.5) is 10.9 Å². The van der Waals surface area contributed by atoms with Gasteiger partial charge in [0.1, 0.15) is 11.6 Å². The maximum Gasteiger partial charge on any atom is 0.220 e. The SMILES string of the molecule is Cc1nsc(NCc2cccnc2N2CCC(C(N)=O)CC2)n1. The van der Waals surface area contributed by atoms with Gasteiger partial charge in [0.25, 0.3) is 0 Å². The zero-order valence-electron chi connectivity index (χ0n) is 13.0. The summed E-state index contributed by atoms with van der Waals surface area (Å²) in [5, 5.41) is 4.10. The monoisotopic (exact) mass is 332 g/mol. The van der Waals surface area contributed by atoms with Crippen LogP contribution in [0.25, 0.3) is 0 Å². The molecule has 2 aromatic heterocycles. The number of hydrogen-bond donors (Lipinski definition) is 2. The number of amides is 1. The molecule has 3 N–H and O–H groups in total. The number of aryl methyl sites for hydroxylation is 1. The Kier molecular flexibility index (Phi) is 4.71. The second kappa shape index (κ2) is 6.91. The average Bonchev–Trinajstić information content (AvgIpc) is 2.99. The second-order valence-corrected chi connectivity index (χ2v) is 6.40. The summed E-state index contributed by atoms with van der Waals surface area (Å²) in [6, 6.07) is 3.99. The van der Waals surface area contributed by atoms with Crippen molar-refractivity contribution in [1.29, 1.82) is 0 Å². The Morgan fingerprint density at radius 3 is 2.91 bits per heavy atom. The molecule has 0 bridgehead atoms. The van der Waals surface area contributed by atoms with E-state index in [9.17, 15) is 4.79 Å². The molecule has 0 atom stereocenters. The molecule has 3 rings (SSSR count). The van der Waals surface area contributed by atoms with Crippen molar-refractivity contribution in [2.75, 3.05) is 23.3 Å². The lowest BCUT2D eigenvalue weighted by Crippen LogP contribution is -2.39. The summed E-state index contributed by atoms with van der Waals surface area (Å²) in [4.78, 5) is 22.4. The molecule has 1 aliphatic heterocycles. The van der Waals surface area contributed by atoms with Crippen LogP contribution in [0.3, 0.4) is 0 Å². The molecule has 23 heavy (non-hydrogen) atoms. The number of nitrogens with one attached hydrogen (secondary N) is 1. The van der Waals surface area contributed by atoms with Crippen LogP contribution in [0.15, 0.2) is 18.3 Å². The molecule has 1 fully saturated rings. The van der Waals surface area contributed by atoms with E-state index in [1.54, 1.807) is 6.20 Å². The molecular weight excluding hydrogens is 312 g/mol. The summed E-state index contributed by atoms with van der Waals surface area (Å²) < 4.78 is 4.16. The molecule has 0 aromatic carbocycles. The fourth-order valence-corrected chi connectivity index (χ4v) is 3.34. The zero-order valence-corrected chi connectivity index (χ0v) is 13.8. The minimum Gasteiger partial charge on any atom is -0.369 e. The molecule has 3 heterocycles. The first-order chi connectivity index (χ1) is 11.1. The molecule has 0 aliphatic carbocycles. The molecule has 1 aliphatic rings. The Morgan fingerprint density at radius 2 is 2.26 bits per heavy atom. The van der Waals surface area contributed by atoms with Crippen LogP contribution in [0, 0.1) is 12.8 Å². The van der Waals surface area contributed by atoms with Crippen LogP contribution in [0.1, 0.15) is 24.2 Å². The van der Waals surface area contributed by atoms with Gasteiger partial charge in [0.2, 0.25) is 11.0 Å². The van der Waals surface area contributed by atoms with Crippen LogP contribution in [-0.2, 0) is 11.3 Å². The summed E-state index contributed by atoms with van der Waals surface area (Å²) in [7, 11) is 0. The molecule has 0 unspecified atom stereocenters. The van der Waals surface area contributed by atoms with Crippen LogP contribution >= 0.6 is 11.5 Å². The fraction of sp³-hybridized carbons (Fsp3) is 0.467. The van der Waals surface area contributed by atoms with Crippen molar-refractivity contribution < 1.29 is 4.79 Å². The highest BCUT2D eigenvalue weighted by Gasteiger charge is 2.24. The maximum absolute atomic E-state index is 11.3. The lowest BCUT2D eigenvalue weighted by atomic mass is 9.96. The number of aromatic nitrogens is 3. The van der Waals surface area contributed by atoms with Gasteiger partial charge in [-0.2, -0.15) is 4.37 Å². The van der Waals surface area contributed by atoms with E-state index in [0.29, 0.717) is 6.54 Å². The van der Waals surface area contributed by atoms with Gasteiger partial charge in [-0.05, 0) is 25.8 Å². The Balaban J connectivity index is 1.67. The van der Waals surface area contributed by atoms with Crippen LogP contribution in [0.2, 0.25) is 0 Å². The van der Waals surface area contributed by atoms with Gasteiger partial charge < -0.3 is 16.0 Å². The maximum atomic E-state index is 11.3. The van der Waals surface area contributed by atoms with Crippen molar-refractivity contribution in [2.24, 2.45) is 11.7 Å². The minimum atomic E-state index is -0.195. The van der Waals surface area contributed by atoms with E-state index in [1.165, 1.54) is 11.5 Å². The van der Waals surface area contributed by atoms with Crippen molar-refractivity contribution >= 4 is 28.4 Å². The highest BCUT2D eigenvalue weighted by Crippen LogP contribution is 2.25. The van der Waals surface area contributed by atoms with Gasteiger partial charge in [0.05, 0.1) is 0 Å². The van der Waals surface area contributed by atoms with E-state index >= 15 is 0 Å². The molecule has 122 valence electrons. The largest absolute Gasteiger partial charge is 0.369 e. The lowest BCUT2D eigenvalue weighted by molar-refractivity contribution is -0.122. The van der Waals surface area contributed by atoms with Crippen molar-refractivity contribution in [3.63, 3.8) is 0 Å². The normalized spacial score (nSPS) is 15.6. The number of anilines is 2. The van der Waals surface area contributed by atoms with Gasteiger partial charge in [-0.1, -0.05) is 6.07 Å². The lowest BCUT2D eigenvalue weighted by Gasteiger charge is -2.32. The number of nitrogens with two attached hydrogens (primary N) is 1. The summed E-state index contributed by atoms with van der Waals surface area (Å²) >= 11 is 1.36. The van der Waals surface area contributed by atoms with Crippen LogP contribution in [0.5, 0.6) is 0 Å². The number of piperidine rings is 1. The van der Waals surface area contributed by atoms with E-state index < -0.39 is 0 Å². The number of carbonyl (C=O) groups is 1. The van der Waals surface area contributed by atoms with Gasteiger partial charge >= 0.3 is 0 Å². The number of hydrogen-bond acceptors (Lipinski definition) is 7. The van der Waals surface area contributed by atoms with E-state index in [2.05, 4.69) is 30.6 Å². The van der Waals surface area contributed by atoms with E-state index in [0.717, 1.165) is 48.3 Å². The standard InChI is InChI=1S/C15H20N6OS/c1-10-19-15(23-20-10)18-9-12-3-2-6-17-14(12)21-7-4-11(5-8-21)13(16)22/h2-3,6,11H,4-5,7-9H2,1H3,(H2,16,22)(H,18,19,20). The summed E-state index contributed by atoms with van der Waals surface area (Å²) in [6.45, 7) is 4.12. The van der Waals surface area contributed by atoms with Crippen molar-refractivity contribution in [2.45, 2.75) is 26.3 Å². The number of primary amides is 1. The summed E-state index contributed by atoms with van der Waals surface area (Å²) in [5.41, 5.74) is 6.51. The number of carbonyl (C=O) groups excluding carboxylic acids is 1. The smallest absolute Gasteiger partial charge is 0.220 e. The molecule has 2 aromatic rings.